The number of aromatic nitrogens is 1. The molecule has 0 radical (unpaired) electrons. The van der Waals surface area contributed by atoms with Crippen molar-refractivity contribution in [1.82, 2.24) is 9.99 Å². The molecule has 1 atom stereocenters. The van der Waals surface area contributed by atoms with Gasteiger partial charge in [0.15, 0.2) is 0 Å². The molecule has 5 nitrogen and oxygen atoms in total. The fourth-order valence-corrected chi connectivity index (χ4v) is 4.37. The Hall–Kier alpha value is -3.41. The Balaban J connectivity index is 1.59. The van der Waals surface area contributed by atoms with Gasteiger partial charge in [-0.3, -0.25) is 4.79 Å². The minimum Gasteiger partial charge on any atom is -0.497 e. The van der Waals surface area contributed by atoms with Crippen molar-refractivity contribution < 1.29 is 9.53 Å². The Bertz CT molecular complexity index is 1370. The molecule has 5 rings (SSSR count). The maximum atomic E-state index is 13.4. The average Bonchev–Trinajstić information content (AvgIpc) is 3.29. The number of hydrogen-bond donors (Lipinski definition) is 0. The van der Waals surface area contributed by atoms with Crippen LogP contribution in [0.4, 0.5) is 0 Å². The average molecular weight is 476 g/mol. The largest absolute Gasteiger partial charge is 0.497 e. The third-order valence-corrected chi connectivity index (χ3v) is 6.24. The van der Waals surface area contributed by atoms with E-state index in [1.54, 1.807) is 19.2 Å². The number of ether oxygens (including phenoxy) is 1. The Labute approximate surface area is 201 Å². The predicted molar refractivity (Wildman–Crippen MR) is 131 cm³/mol. The zero-order chi connectivity index (χ0) is 22.9. The van der Waals surface area contributed by atoms with Crippen molar-refractivity contribution in [3.63, 3.8) is 0 Å². The minimum absolute atomic E-state index is 0.199. The van der Waals surface area contributed by atoms with Gasteiger partial charge in [0.05, 0.1) is 24.4 Å². The summed E-state index contributed by atoms with van der Waals surface area (Å²) in [6.07, 6.45) is 0.503. The smallest absolute Gasteiger partial charge is 0.274 e. The lowest BCUT2D eigenvalue weighted by Crippen LogP contribution is -2.27. The van der Waals surface area contributed by atoms with Gasteiger partial charge in [-0.25, -0.2) is 9.99 Å². The maximum absolute atomic E-state index is 13.4. The molecule has 4 aromatic rings. The number of carbonyl (C=O) groups excluding carboxylic acids is 1. The third kappa shape index (κ3) is 4.17. The Morgan fingerprint density at radius 1 is 1.00 bits per heavy atom. The molecule has 0 saturated heterocycles. The summed E-state index contributed by atoms with van der Waals surface area (Å²) in [5.41, 5.74) is 3.71. The van der Waals surface area contributed by atoms with Gasteiger partial charge in [-0.05, 0) is 48.0 Å². The first kappa shape index (κ1) is 21.4. The number of rotatable bonds is 4. The zero-order valence-corrected chi connectivity index (χ0v) is 19.2. The van der Waals surface area contributed by atoms with Crippen molar-refractivity contribution in [2.45, 2.75) is 12.5 Å². The summed E-state index contributed by atoms with van der Waals surface area (Å²) in [5.74, 6) is 0.504. The number of pyridine rings is 1. The van der Waals surface area contributed by atoms with E-state index in [-0.39, 0.29) is 5.91 Å². The summed E-state index contributed by atoms with van der Waals surface area (Å²) in [7, 11) is 1.61. The minimum atomic E-state index is -0.394. The number of hydrazone groups is 1. The molecule has 2 heterocycles. The fraction of sp³-hybridized carbons (Fsp3) is 0.115. The molecule has 0 aliphatic carbocycles. The number of fused-ring (bicyclic) bond motifs is 1. The van der Waals surface area contributed by atoms with E-state index in [0.717, 1.165) is 27.7 Å². The van der Waals surface area contributed by atoms with Gasteiger partial charge in [-0.1, -0.05) is 53.5 Å². The fourth-order valence-electron chi connectivity index (χ4n) is 3.97. The molecule has 7 heteroatoms. The molecule has 0 fully saturated rings. The lowest BCUT2D eigenvalue weighted by Gasteiger charge is -2.23. The molecule has 1 aliphatic rings. The zero-order valence-electron chi connectivity index (χ0n) is 17.7. The summed E-state index contributed by atoms with van der Waals surface area (Å²) in [6, 6.07) is 23.8. The van der Waals surface area contributed by atoms with Crippen LogP contribution in [0.5, 0.6) is 5.75 Å². The van der Waals surface area contributed by atoms with Gasteiger partial charge in [-0.2, -0.15) is 5.10 Å². The van der Waals surface area contributed by atoms with Crippen LogP contribution in [0.3, 0.4) is 0 Å². The Morgan fingerprint density at radius 3 is 2.48 bits per heavy atom. The van der Waals surface area contributed by atoms with Gasteiger partial charge in [0, 0.05) is 34.0 Å². The highest BCUT2D eigenvalue weighted by atomic mass is 35.5. The Kier molecular flexibility index (Phi) is 5.75. The molecule has 3 aromatic carbocycles. The van der Waals surface area contributed by atoms with Crippen LogP contribution in [0.1, 0.15) is 33.9 Å². The molecule has 33 heavy (non-hydrogen) atoms. The van der Waals surface area contributed by atoms with Gasteiger partial charge in [0.1, 0.15) is 10.9 Å². The van der Waals surface area contributed by atoms with E-state index >= 15 is 0 Å². The summed E-state index contributed by atoms with van der Waals surface area (Å²) in [6.45, 7) is 0. The highest BCUT2D eigenvalue weighted by Crippen LogP contribution is 2.38. The van der Waals surface area contributed by atoms with Crippen LogP contribution in [0, 0.1) is 0 Å². The standard InChI is InChI=1S/C26H19Cl2N3O2/c1-33-20-12-9-18-13-21(25(28)29-22(18)14-20)24-15-23(16-7-10-19(27)11-8-16)30-31(24)26(32)17-5-3-2-4-6-17/h2-14,24H,15H2,1H3. The second-order valence-electron chi connectivity index (χ2n) is 7.72. The van der Waals surface area contributed by atoms with Crippen molar-refractivity contribution in [1.29, 1.82) is 0 Å². The van der Waals surface area contributed by atoms with E-state index in [4.69, 9.17) is 33.0 Å². The number of amides is 1. The van der Waals surface area contributed by atoms with E-state index in [1.807, 2.05) is 66.7 Å². The first-order valence-corrected chi connectivity index (χ1v) is 11.2. The SMILES string of the molecule is COc1ccc2cc(C3CC(c4ccc(Cl)cc4)=NN3C(=O)c3ccccc3)c(Cl)nc2c1. The van der Waals surface area contributed by atoms with E-state index in [2.05, 4.69) is 4.98 Å². The normalized spacial score (nSPS) is 15.5. The molecule has 1 amide bonds. The Morgan fingerprint density at radius 2 is 1.76 bits per heavy atom. The number of nitrogens with zero attached hydrogens (tertiary/aromatic N) is 3. The lowest BCUT2D eigenvalue weighted by molar-refractivity contribution is 0.0711. The van der Waals surface area contributed by atoms with Crippen LogP contribution in [-0.2, 0) is 0 Å². The third-order valence-electron chi connectivity index (χ3n) is 5.68. The number of hydrogen-bond acceptors (Lipinski definition) is 4. The first-order valence-electron chi connectivity index (χ1n) is 10.4. The summed E-state index contributed by atoms with van der Waals surface area (Å²) in [5, 5.41) is 8.11. The number of benzene rings is 3. The van der Waals surface area contributed by atoms with Crippen molar-refractivity contribution in [2.24, 2.45) is 5.10 Å². The van der Waals surface area contributed by atoms with E-state index in [1.165, 1.54) is 5.01 Å². The quantitative estimate of drug-likeness (QED) is 0.314. The maximum Gasteiger partial charge on any atom is 0.274 e. The second kappa shape index (κ2) is 8.85. The van der Waals surface area contributed by atoms with Crippen molar-refractivity contribution in [2.75, 3.05) is 7.11 Å². The molecular formula is C26H19Cl2N3O2. The second-order valence-corrected chi connectivity index (χ2v) is 8.51. The van der Waals surface area contributed by atoms with Gasteiger partial charge in [0.2, 0.25) is 0 Å². The number of carbonyl (C=O) groups is 1. The summed E-state index contributed by atoms with van der Waals surface area (Å²) >= 11 is 12.7. The number of halogens is 2. The molecule has 1 aromatic heterocycles. The first-order chi connectivity index (χ1) is 16.0. The van der Waals surface area contributed by atoms with Crippen molar-refractivity contribution >= 4 is 45.7 Å². The van der Waals surface area contributed by atoms with E-state index < -0.39 is 6.04 Å². The molecule has 0 saturated carbocycles. The van der Waals surface area contributed by atoms with Gasteiger partial charge < -0.3 is 4.74 Å². The van der Waals surface area contributed by atoms with Crippen LogP contribution in [0.2, 0.25) is 10.2 Å². The molecule has 0 bridgehead atoms. The van der Waals surface area contributed by atoms with Crippen molar-refractivity contribution in [3.05, 3.63) is 106 Å². The van der Waals surface area contributed by atoms with Crippen LogP contribution >= 0.6 is 23.2 Å². The molecule has 164 valence electrons. The van der Waals surface area contributed by atoms with Crippen LogP contribution in [0.25, 0.3) is 10.9 Å². The van der Waals surface area contributed by atoms with Crippen LogP contribution in [-0.4, -0.2) is 28.7 Å². The molecule has 1 aliphatic heterocycles. The summed E-state index contributed by atoms with van der Waals surface area (Å²) < 4.78 is 5.30. The van der Waals surface area contributed by atoms with Crippen molar-refractivity contribution in [3.8, 4) is 5.75 Å². The summed E-state index contributed by atoms with van der Waals surface area (Å²) in [4.78, 5) is 18.0. The monoisotopic (exact) mass is 475 g/mol. The molecular weight excluding hydrogens is 457 g/mol. The topological polar surface area (TPSA) is 54.8 Å². The molecule has 0 spiro atoms. The van der Waals surface area contributed by atoms with E-state index in [9.17, 15) is 4.79 Å². The lowest BCUT2D eigenvalue weighted by atomic mass is 9.98. The highest BCUT2D eigenvalue weighted by Gasteiger charge is 2.35. The predicted octanol–water partition coefficient (Wildman–Crippen LogP) is 6.54. The molecule has 1 unspecified atom stereocenters. The van der Waals surface area contributed by atoms with Crippen LogP contribution in [0.15, 0.2) is 84.0 Å². The number of methoxy groups -OCH3 is 1. The molecule has 0 N–H and O–H groups in total. The van der Waals surface area contributed by atoms with Crippen LogP contribution < -0.4 is 4.74 Å². The van der Waals surface area contributed by atoms with Gasteiger partial charge in [-0.15, -0.1) is 0 Å². The van der Waals surface area contributed by atoms with Gasteiger partial charge >= 0.3 is 0 Å². The highest BCUT2D eigenvalue weighted by molar-refractivity contribution is 6.31. The van der Waals surface area contributed by atoms with E-state index in [0.29, 0.717) is 27.9 Å². The van der Waals surface area contributed by atoms with Gasteiger partial charge in [0.25, 0.3) is 5.91 Å².